The number of amides is 2. The summed E-state index contributed by atoms with van der Waals surface area (Å²) in [5, 5.41) is 0.639. The Hall–Kier alpha value is -2.63. The van der Waals surface area contributed by atoms with E-state index in [0.717, 1.165) is 21.2 Å². The Morgan fingerprint density at radius 3 is 2.48 bits per heavy atom. The molecule has 0 unspecified atom stereocenters. The maximum atomic E-state index is 13.7. The molecule has 1 aliphatic rings. The highest BCUT2D eigenvalue weighted by Gasteiger charge is 2.41. The van der Waals surface area contributed by atoms with Crippen LogP contribution >= 0.6 is 27.5 Å². The Morgan fingerprint density at radius 1 is 1.03 bits per heavy atom. The van der Waals surface area contributed by atoms with Gasteiger partial charge in [0.25, 0.3) is 0 Å². The van der Waals surface area contributed by atoms with Crippen molar-refractivity contribution in [2.24, 2.45) is 0 Å². The number of carbonyl (C=O) groups excluding carboxylic acids is 2. The lowest BCUT2D eigenvalue weighted by molar-refractivity contribution is -0.130. The predicted molar refractivity (Wildman–Crippen MR) is 124 cm³/mol. The fraction of sp³-hybridized carbons (Fsp3) is 0.200. The number of cyclic esters (lactones) is 1. The van der Waals surface area contributed by atoms with Gasteiger partial charge >= 0.3 is 6.09 Å². The van der Waals surface area contributed by atoms with Gasteiger partial charge in [-0.2, -0.15) is 0 Å². The van der Waals surface area contributed by atoms with Crippen molar-refractivity contribution in [2.45, 2.75) is 24.8 Å². The van der Waals surface area contributed by atoms with Gasteiger partial charge in [0.2, 0.25) is 5.91 Å². The highest BCUT2D eigenvalue weighted by molar-refractivity contribution is 9.10. The number of carbonyl (C=O) groups is 2. The molecule has 0 N–H and O–H groups in total. The predicted octanol–water partition coefficient (Wildman–Crippen LogP) is 6.02. The Kier molecular flexibility index (Phi) is 6.73. The van der Waals surface area contributed by atoms with Crippen LogP contribution in [0.1, 0.15) is 22.6 Å². The molecule has 1 aliphatic heterocycles. The van der Waals surface area contributed by atoms with E-state index in [1.54, 1.807) is 0 Å². The molecule has 4 nitrogen and oxygen atoms in total. The summed E-state index contributed by atoms with van der Waals surface area (Å²) < 4.78 is 6.17. The highest BCUT2D eigenvalue weighted by Crippen LogP contribution is 2.30. The fourth-order valence-electron chi connectivity index (χ4n) is 3.86. The first-order valence-corrected chi connectivity index (χ1v) is 11.2. The zero-order valence-corrected chi connectivity index (χ0v) is 19.1. The van der Waals surface area contributed by atoms with E-state index in [2.05, 4.69) is 15.9 Å². The van der Waals surface area contributed by atoms with E-state index in [4.69, 9.17) is 16.3 Å². The summed E-state index contributed by atoms with van der Waals surface area (Å²) in [6.07, 6.45) is 0.431. The average molecular weight is 499 g/mol. The number of hydrogen-bond acceptors (Lipinski definition) is 3. The molecule has 3 aromatic rings. The van der Waals surface area contributed by atoms with Crippen LogP contribution in [0.4, 0.5) is 4.79 Å². The quantitative estimate of drug-likeness (QED) is 0.417. The largest absolute Gasteiger partial charge is 0.447 e. The van der Waals surface area contributed by atoms with Crippen LogP contribution in [0.15, 0.2) is 83.3 Å². The van der Waals surface area contributed by atoms with E-state index in [1.807, 2.05) is 78.9 Å². The number of rotatable bonds is 6. The van der Waals surface area contributed by atoms with Gasteiger partial charge in [0, 0.05) is 9.50 Å². The lowest BCUT2D eigenvalue weighted by Crippen LogP contribution is -2.43. The third-order valence-corrected chi connectivity index (χ3v) is 6.16. The van der Waals surface area contributed by atoms with Crippen molar-refractivity contribution in [2.75, 3.05) is 6.61 Å². The first-order valence-electron chi connectivity index (χ1n) is 10.0. The molecule has 31 heavy (non-hydrogen) atoms. The van der Waals surface area contributed by atoms with Crippen molar-refractivity contribution >= 4 is 39.5 Å². The molecule has 0 spiro atoms. The van der Waals surface area contributed by atoms with Crippen LogP contribution in [-0.4, -0.2) is 29.5 Å². The molecule has 6 heteroatoms. The summed E-state index contributed by atoms with van der Waals surface area (Å²) in [5.74, 6) is -0.779. The fourth-order valence-corrected chi connectivity index (χ4v) is 4.41. The second-order valence-electron chi connectivity index (χ2n) is 7.57. The molecule has 0 saturated carbocycles. The summed E-state index contributed by atoms with van der Waals surface area (Å²) >= 11 is 9.52. The average Bonchev–Trinajstić information content (AvgIpc) is 3.13. The molecule has 1 fully saturated rings. The summed E-state index contributed by atoms with van der Waals surface area (Å²) in [6.45, 7) is 0.200. The number of hydrogen-bond donors (Lipinski definition) is 0. The molecule has 0 radical (unpaired) electrons. The smallest absolute Gasteiger partial charge is 0.417 e. The molecule has 1 saturated heterocycles. The second-order valence-corrected chi connectivity index (χ2v) is 8.92. The van der Waals surface area contributed by atoms with Crippen LogP contribution < -0.4 is 0 Å². The summed E-state index contributed by atoms with van der Waals surface area (Å²) in [5.41, 5.74) is 2.86. The molecule has 0 bridgehead atoms. The maximum absolute atomic E-state index is 13.7. The number of imide groups is 1. The van der Waals surface area contributed by atoms with Gasteiger partial charge in [0.1, 0.15) is 6.61 Å². The van der Waals surface area contributed by atoms with Gasteiger partial charge in [0.15, 0.2) is 0 Å². The molecule has 1 heterocycles. The lowest BCUT2D eigenvalue weighted by Gasteiger charge is -2.25. The maximum Gasteiger partial charge on any atom is 0.417 e. The number of halogens is 2. The second kappa shape index (κ2) is 9.67. The van der Waals surface area contributed by atoms with Crippen LogP contribution in [0, 0.1) is 0 Å². The van der Waals surface area contributed by atoms with Gasteiger partial charge in [-0.15, -0.1) is 0 Å². The third-order valence-electron chi connectivity index (χ3n) is 5.41. The van der Waals surface area contributed by atoms with Crippen LogP contribution in [0.3, 0.4) is 0 Å². The minimum absolute atomic E-state index is 0.200. The first-order chi connectivity index (χ1) is 15.0. The van der Waals surface area contributed by atoms with Crippen molar-refractivity contribution in [1.82, 2.24) is 4.90 Å². The van der Waals surface area contributed by atoms with Gasteiger partial charge in [-0.25, -0.2) is 9.69 Å². The van der Waals surface area contributed by atoms with Crippen LogP contribution in [-0.2, 0) is 22.4 Å². The normalized spacial score (nSPS) is 16.8. The lowest BCUT2D eigenvalue weighted by atomic mass is 9.90. The van der Waals surface area contributed by atoms with Crippen LogP contribution in [0.25, 0.3) is 0 Å². The molecule has 2 amide bonds. The molecule has 2 atom stereocenters. The monoisotopic (exact) mass is 497 g/mol. The minimum atomic E-state index is -0.581. The Labute approximate surface area is 194 Å². The van der Waals surface area contributed by atoms with E-state index in [-0.39, 0.29) is 18.6 Å². The molecule has 4 rings (SSSR count). The SMILES string of the molecule is O=C1OC[C@H](Cc2ccccc2)N1C(=O)[C@@H](Cc1ccc(Cl)cc1)c1cccc(Br)c1. The Balaban J connectivity index is 1.64. The topological polar surface area (TPSA) is 46.6 Å². The van der Waals surface area contributed by atoms with E-state index in [1.165, 1.54) is 4.90 Å². The third kappa shape index (κ3) is 5.17. The summed E-state index contributed by atoms with van der Waals surface area (Å²) in [7, 11) is 0. The van der Waals surface area contributed by atoms with Crippen molar-refractivity contribution in [3.8, 4) is 0 Å². The van der Waals surface area contributed by atoms with Gasteiger partial charge in [-0.1, -0.05) is 82.1 Å². The Bertz CT molecular complexity index is 1070. The number of ether oxygens (including phenoxy) is 1. The van der Waals surface area contributed by atoms with Crippen molar-refractivity contribution < 1.29 is 14.3 Å². The number of benzene rings is 3. The molecule has 0 aromatic heterocycles. The van der Waals surface area contributed by atoms with Gasteiger partial charge in [-0.05, 0) is 53.8 Å². The van der Waals surface area contributed by atoms with Gasteiger partial charge in [0.05, 0.1) is 12.0 Å². The first kappa shape index (κ1) is 21.6. The van der Waals surface area contributed by atoms with Crippen LogP contribution in [0.2, 0.25) is 5.02 Å². The zero-order valence-electron chi connectivity index (χ0n) is 16.7. The molecule has 158 valence electrons. The molecular formula is C25H21BrClNO3. The van der Waals surface area contributed by atoms with Crippen molar-refractivity contribution in [3.63, 3.8) is 0 Å². The van der Waals surface area contributed by atoms with Gasteiger partial charge in [-0.3, -0.25) is 4.79 Å². The van der Waals surface area contributed by atoms with Crippen molar-refractivity contribution in [3.05, 3.63) is 105 Å². The molecular weight excluding hydrogens is 478 g/mol. The van der Waals surface area contributed by atoms with Crippen LogP contribution in [0.5, 0.6) is 0 Å². The Morgan fingerprint density at radius 2 is 1.77 bits per heavy atom. The van der Waals surface area contributed by atoms with E-state index in [9.17, 15) is 9.59 Å². The summed E-state index contributed by atoms with van der Waals surface area (Å²) in [4.78, 5) is 27.6. The molecule has 0 aliphatic carbocycles. The summed E-state index contributed by atoms with van der Waals surface area (Å²) in [6, 6.07) is 24.6. The van der Waals surface area contributed by atoms with Gasteiger partial charge < -0.3 is 4.74 Å². The highest BCUT2D eigenvalue weighted by atomic mass is 79.9. The zero-order chi connectivity index (χ0) is 21.8. The standard InChI is InChI=1S/C25H21BrClNO3/c26-20-8-4-7-19(15-20)23(14-18-9-11-21(27)12-10-18)24(29)28-22(16-31-25(28)30)13-17-5-2-1-3-6-17/h1-12,15,22-23H,13-14,16H2/t22-,23-/m0/s1. The minimum Gasteiger partial charge on any atom is -0.447 e. The van der Waals surface area contributed by atoms with E-state index in [0.29, 0.717) is 17.9 Å². The van der Waals surface area contributed by atoms with Crippen molar-refractivity contribution in [1.29, 1.82) is 0 Å². The molecule has 3 aromatic carbocycles. The van der Waals surface area contributed by atoms with E-state index < -0.39 is 12.0 Å². The number of nitrogens with zero attached hydrogens (tertiary/aromatic N) is 1. The van der Waals surface area contributed by atoms with E-state index >= 15 is 0 Å².